The zero-order chi connectivity index (χ0) is 10.8. The van der Waals surface area contributed by atoms with Gasteiger partial charge in [0, 0.05) is 0 Å². The molecule has 3 N–H and O–H groups in total. The molecule has 2 rings (SSSR count). The van der Waals surface area contributed by atoms with Crippen molar-refractivity contribution >= 4 is 17.3 Å². The average Bonchev–Trinajstić information content (AvgIpc) is 2.26. The summed E-state index contributed by atoms with van der Waals surface area (Å²) in [5.74, 6) is 0.579. The Balaban J connectivity index is 2.27. The van der Waals surface area contributed by atoms with E-state index in [1.165, 1.54) is 37.7 Å². The summed E-state index contributed by atoms with van der Waals surface area (Å²) in [5, 5.41) is 9.84. The lowest BCUT2D eigenvalue weighted by molar-refractivity contribution is 0.442. The van der Waals surface area contributed by atoms with Gasteiger partial charge in [-0.25, -0.2) is 0 Å². The second-order valence-corrected chi connectivity index (χ2v) is 4.68. The molecule has 0 radical (unpaired) electrons. The van der Waals surface area contributed by atoms with Crippen LogP contribution in [-0.4, -0.2) is 5.11 Å². The Labute approximate surface area is 95.1 Å². The number of halogens is 1. The maximum Gasteiger partial charge on any atom is 0.157 e. The number of rotatable bonds is 1. The van der Waals surface area contributed by atoms with Gasteiger partial charge in [0.05, 0.1) is 10.7 Å². The lowest BCUT2D eigenvalue weighted by Gasteiger charge is -2.22. The van der Waals surface area contributed by atoms with Crippen LogP contribution in [0.25, 0.3) is 0 Å². The van der Waals surface area contributed by atoms with E-state index in [0.717, 1.165) is 0 Å². The van der Waals surface area contributed by atoms with Crippen molar-refractivity contribution in [3.05, 3.63) is 22.7 Å². The smallest absolute Gasteiger partial charge is 0.157 e. The second-order valence-electron chi connectivity index (χ2n) is 4.28. The van der Waals surface area contributed by atoms with Crippen LogP contribution in [0.4, 0.5) is 5.69 Å². The summed E-state index contributed by atoms with van der Waals surface area (Å²) in [7, 11) is 0. The molecule has 0 unspecified atom stereocenters. The van der Waals surface area contributed by atoms with Crippen LogP contribution in [0.3, 0.4) is 0 Å². The molecule has 82 valence electrons. The minimum atomic E-state index is 0.0104. The minimum absolute atomic E-state index is 0.0104. The number of nitrogen functional groups attached to an aromatic ring is 1. The maximum absolute atomic E-state index is 9.47. The van der Waals surface area contributed by atoms with Crippen LogP contribution in [0.2, 0.25) is 5.02 Å². The van der Waals surface area contributed by atoms with Crippen molar-refractivity contribution in [2.24, 2.45) is 0 Å². The van der Waals surface area contributed by atoms with Gasteiger partial charge in [-0.15, -0.1) is 0 Å². The first-order valence-corrected chi connectivity index (χ1v) is 5.84. The third-order valence-corrected chi connectivity index (χ3v) is 3.48. The van der Waals surface area contributed by atoms with Crippen molar-refractivity contribution in [1.82, 2.24) is 0 Å². The van der Waals surface area contributed by atoms with Crippen LogP contribution in [0, 0.1) is 0 Å². The Morgan fingerprint density at radius 3 is 2.47 bits per heavy atom. The Bertz CT molecular complexity index is 336. The molecular formula is C12H16ClNO. The molecule has 0 aromatic heterocycles. The lowest BCUT2D eigenvalue weighted by atomic mass is 9.84. The van der Waals surface area contributed by atoms with Gasteiger partial charge in [-0.3, -0.25) is 0 Å². The normalized spacial score (nSPS) is 17.9. The molecule has 0 bridgehead atoms. The summed E-state index contributed by atoms with van der Waals surface area (Å²) in [5.41, 5.74) is 7.26. The molecule has 1 fully saturated rings. The molecule has 3 heteroatoms. The van der Waals surface area contributed by atoms with Crippen molar-refractivity contribution in [3.63, 3.8) is 0 Å². The highest BCUT2D eigenvalue weighted by Gasteiger charge is 2.17. The number of anilines is 1. The highest BCUT2D eigenvalue weighted by molar-refractivity contribution is 6.32. The van der Waals surface area contributed by atoms with E-state index >= 15 is 0 Å². The monoisotopic (exact) mass is 225 g/mol. The van der Waals surface area contributed by atoms with E-state index in [1.807, 2.05) is 12.1 Å². The molecule has 1 saturated carbocycles. The molecule has 0 heterocycles. The lowest BCUT2D eigenvalue weighted by Crippen LogP contribution is -2.05. The number of aromatic hydroxyl groups is 1. The van der Waals surface area contributed by atoms with E-state index < -0.39 is 0 Å². The highest BCUT2D eigenvalue weighted by Crippen LogP contribution is 2.38. The van der Waals surface area contributed by atoms with Gasteiger partial charge in [0.25, 0.3) is 0 Å². The van der Waals surface area contributed by atoms with Gasteiger partial charge in [0.2, 0.25) is 0 Å². The van der Waals surface area contributed by atoms with Gasteiger partial charge < -0.3 is 10.8 Å². The number of hydrogen-bond donors (Lipinski definition) is 2. The van der Waals surface area contributed by atoms with Crippen LogP contribution >= 0.6 is 11.6 Å². The van der Waals surface area contributed by atoms with Crippen molar-refractivity contribution < 1.29 is 5.11 Å². The van der Waals surface area contributed by atoms with Crippen LogP contribution in [0.5, 0.6) is 5.75 Å². The third kappa shape index (κ3) is 2.20. The average molecular weight is 226 g/mol. The SMILES string of the molecule is Nc1cc(C2CCCCC2)cc(Cl)c1O. The number of benzene rings is 1. The molecule has 0 spiro atoms. The number of hydrogen-bond acceptors (Lipinski definition) is 2. The van der Waals surface area contributed by atoms with Gasteiger partial charge in [-0.05, 0) is 36.5 Å². The number of phenols is 1. The molecular weight excluding hydrogens is 210 g/mol. The first-order chi connectivity index (χ1) is 7.18. The predicted molar refractivity (Wildman–Crippen MR) is 63.4 cm³/mol. The van der Waals surface area contributed by atoms with Crippen molar-refractivity contribution in [1.29, 1.82) is 0 Å². The Morgan fingerprint density at radius 1 is 1.20 bits per heavy atom. The molecule has 1 aliphatic rings. The van der Waals surface area contributed by atoms with Gasteiger partial charge in [0.1, 0.15) is 0 Å². The quantitative estimate of drug-likeness (QED) is 0.566. The van der Waals surface area contributed by atoms with Gasteiger partial charge >= 0.3 is 0 Å². The standard InChI is InChI=1S/C12H16ClNO/c13-10-6-9(7-11(14)12(10)15)8-4-2-1-3-5-8/h6-8,15H,1-5,14H2. The molecule has 0 atom stereocenters. The van der Waals surface area contributed by atoms with Crippen LogP contribution in [0.1, 0.15) is 43.6 Å². The molecule has 0 amide bonds. The molecule has 2 nitrogen and oxygen atoms in total. The Kier molecular flexibility index (Phi) is 3.06. The van der Waals surface area contributed by atoms with Gasteiger partial charge in [-0.1, -0.05) is 30.9 Å². The summed E-state index contributed by atoms with van der Waals surface area (Å²) in [4.78, 5) is 0. The maximum atomic E-state index is 9.47. The molecule has 0 saturated heterocycles. The second kappa shape index (κ2) is 4.31. The van der Waals surface area contributed by atoms with Gasteiger partial charge in [-0.2, -0.15) is 0 Å². The van der Waals surface area contributed by atoms with E-state index in [4.69, 9.17) is 17.3 Å². The predicted octanol–water partition coefficient (Wildman–Crippen LogP) is 3.68. The largest absolute Gasteiger partial charge is 0.504 e. The molecule has 15 heavy (non-hydrogen) atoms. The third-order valence-electron chi connectivity index (χ3n) is 3.19. The summed E-state index contributed by atoms with van der Waals surface area (Å²) >= 11 is 5.91. The first-order valence-electron chi connectivity index (χ1n) is 5.46. The zero-order valence-corrected chi connectivity index (χ0v) is 9.43. The summed E-state index contributed by atoms with van der Waals surface area (Å²) in [6, 6.07) is 3.71. The summed E-state index contributed by atoms with van der Waals surface area (Å²) in [6.45, 7) is 0. The Morgan fingerprint density at radius 2 is 1.87 bits per heavy atom. The van der Waals surface area contributed by atoms with Crippen LogP contribution in [-0.2, 0) is 0 Å². The number of nitrogens with two attached hydrogens (primary N) is 1. The first kappa shape index (κ1) is 10.6. The number of phenolic OH excluding ortho intramolecular Hbond substituents is 1. The van der Waals surface area contributed by atoms with Crippen LogP contribution in [0.15, 0.2) is 12.1 Å². The summed E-state index contributed by atoms with van der Waals surface area (Å²) < 4.78 is 0. The summed E-state index contributed by atoms with van der Waals surface area (Å²) in [6.07, 6.45) is 6.31. The van der Waals surface area contributed by atoms with Crippen molar-refractivity contribution in [2.45, 2.75) is 38.0 Å². The van der Waals surface area contributed by atoms with E-state index in [-0.39, 0.29) is 5.75 Å². The Hall–Kier alpha value is -0.890. The molecule has 1 aromatic rings. The van der Waals surface area contributed by atoms with Gasteiger partial charge in [0.15, 0.2) is 5.75 Å². The van der Waals surface area contributed by atoms with Crippen molar-refractivity contribution in [2.75, 3.05) is 5.73 Å². The fraction of sp³-hybridized carbons (Fsp3) is 0.500. The van der Waals surface area contributed by atoms with Crippen LogP contribution < -0.4 is 5.73 Å². The topological polar surface area (TPSA) is 46.2 Å². The fourth-order valence-electron chi connectivity index (χ4n) is 2.31. The minimum Gasteiger partial charge on any atom is -0.504 e. The fourth-order valence-corrected chi connectivity index (χ4v) is 2.55. The molecule has 0 aliphatic heterocycles. The molecule has 1 aromatic carbocycles. The van der Waals surface area contributed by atoms with Crippen molar-refractivity contribution in [3.8, 4) is 5.75 Å². The van der Waals surface area contributed by atoms with E-state index in [2.05, 4.69) is 0 Å². The van der Waals surface area contributed by atoms with E-state index in [0.29, 0.717) is 16.6 Å². The highest BCUT2D eigenvalue weighted by atomic mass is 35.5. The molecule has 1 aliphatic carbocycles. The van der Waals surface area contributed by atoms with E-state index in [9.17, 15) is 5.11 Å². The van der Waals surface area contributed by atoms with E-state index in [1.54, 1.807) is 0 Å². The zero-order valence-electron chi connectivity index (χ0n) is 8.67.